The number of nitrogens with zero attached hydrogens (tertiary/aromatic N) is 2. The number of methoxy groups -OCH3 is 1. The van der Waals surface area contributed by atoms with E-state index in [4.69, 9.17) is 16.3 Å². The Labute approximate surface area is 136 Å². The molecular formula is C15H17BrClFN2O. The molecule has 1 aromatic heterocycles. The second-order valence-electron chi connectivity index (χ2n) is 5.75. The molecule has 0 bridgehead atoms. The van der Waals surface area contributed by atoms with Crippen molar-refractivity contribution in [3.05, 3.63) is 28.2 Å². The molecule has 1 saturated carbocycles. The third-order valence-corrected chi connectivity index (χ3v) is 5.12. The number of hydrogen-bond acceptors (Lipinski definition) is 2. The monoisotopic (exact) mass is 374 g/mol. The summed E-state index contributed by atoms with van der Waals surface area (Å²) in [6, 6.07) is 3.25. The Balaban J connectivity index is 1.98. The Hall–Kier alpha value is -0.650. The zero-order valence-corrected chi connectivity index (χ0v) is 14.2. The van der Waals surface area contributed by atoms with Gasteiger partial charge in [0.1, 0.15) is 11.6 Å². The SMILES string of the molecule is COCCC1(Cn2c(CCl)nc3cc(Br)c(F)cc32)CC1. The van der Waals surface area contributed by atoms with E-state index in [2.05, 4.69) is 25.5 Å². The molecule has 3 rings (SSSR count). The summed E-state index contributed by atoms with van der Waals surface area (Å²) in [6.07, 6.45) is 3.37. The first-order valence-corrected chi connectivity index (χ1v) is 8.30. The van der Waals surface area contributed by atoms with E-state index in [-0.39, 0.29) is 11.2 Å². The number of alkyl halides is 1. The van der Waals surface area contributed by atoms with Crippen LogP contribution in [-0.4, -0.2) is 23.3 Å². The van der Waals surface area contributed by atoms with E-state index in [9.17, 15) is 4.39 Å². The van der Waals surface area contributed by atoms with Crippen molar-refractivity contribution >= 4 is 38.6 Å². The summed E-state index contributed by atoms with van der Waals surface area (Å²) in [7, 11) is 1.72. The fourth-order valence-electron chi connectivity index (χ4n) is 2.77. The molecule has 0 unspecified atom stereocenters. The van der Waals surface area contributed by atoms with Crippen LogP contribution < -0.4 is 0 Å². The summed E-state index contributed by atoms with van der Waals surface area (Å²) in [6.45, 7) is 1.58. The van der Waals surface area contributed by atoms with Gasteiger partial charge >= 0.3 is 0 Å². The Morgan fingerprint density at radius 1 is 1.48 bits per heavy atom. The van der Waals surface area contributed by atoms with Crippen molar-refractivity contribution in [1.29, 1.82) is 0 Å². The topological polar surface area (TPSA) is 27.1 Å². The van der Waals surface area contributed by atoms with Gasteiger partial charge in [0.15, 0.2) is 0 Å². The first kappa shape index (κ1) is 15.3. The van der Waals surface area contributed by atoms with Gasteiger partial charge in [-0.05, 0) is 46.7 Å². The van der Waals surface area contributed by atoms with Crippen LogP contribution in [0.15, 0.2) is 16.6 Å². The Bertz CT molecular complexity index is 669. The van der Waals surface area contributed by atoms with E-state index in [0.29, 0.717) is 10.4 Å². The highest BCUT2D eigenvalue weighted by Gasteiger charge is 2.43. The van der Waals surface area contributed by atoms with Crippen molar-refractivity contribution in [2.75, 3.05) is 13.7 Å². The summed E-state index contributed by atoms with van der Waals surface area (Å²) in [5, 5.41) is 0. The van der Waals surface area contributed by atoms with E-state index in [0.717, 1.165) is 36.4 Å². The van der Waals surface area contributed by atoms with Crippen LogP contribution in [0.25, 0.3) is 11.0 Å². The van der Waals surface area contributed by atoms with Gasteiger partial charge in [0.05, 0.1) is 21.4 Å². The lowest BCUT2D eigenvalue weighted by Gasteiger charge is -2.17. The van der Waals surface area contributed by atoms with Crippen LogP contribution in [0.4, 0.5) is 4.39 Å². The number of imidazole rings is 1. The molecular weight excluding hydrogens is 359 g/mol. The van der Waals surface area contributed by atoms with E-state index in [1.165, 1.54) is 18.9 Å². The van der Waals surface area contributed by atoms with Gasteiger partial charge in [-0.25, -0.2) is 9.37 Å². The molecule has 0 N–H and O–H groups in total. The molecule has 6 heteroatoms. The largest absolute Gasteiger partial charge is 0.385 e. The third-order valence-electron chi connectivity index (χ3n) is 4.28. The zero-order valence-electron chi connectivity index (χ0n) is 11.8. The van der Waals surface area contributed by atoms with Gasteiger partial charge in [-0.3, -0.25) is 0 Å². The number of ether oxygens (including phenoxy) is 1. The smallest absolute Gasteiger partial charge is 0.139 e. The molecule has 21 heavy (non-hydrogen) atoms. The summed E-state index contributed by atoms with van der Waals surface area (Å²) in [5.74, 6) is 0.855. The van der Waals surface area contributed by atoms with Crippen LogP contribution in [0.2, 0.25) is 0 Å². The highest BCUT2D eigenvalue weighted by Crippen LogP contribution is 2.50. The second kappa shape index (κ2) is 5.86. The van der Waals surface area contributed by atoms with E-state index in [1.807, 2.05) is 0 Å². The molecule has 0 spiro atoms. The zero-order chi connectivity index (χ0) is 15.0. The number of fused-ring (bicyclic) bond motifs is 1. The van der Waals surface area contributed by atoms with Gasteiger partial charge in [0.2, 0.25) is 0 Å². The van der Waals surface area contributed by atoms with Gasteiger partial charge < -0.3 is 9.30 Å². The van der Waals surface area contributed by atoms with Crippen molar-refractivity contribution in [2.45, 2.75) is 31.7 Å². The number of aromatic nitrogens is 2. The van der Waals surface area contributed by atoms with Crippen LogP contribution in [0, 0.1) is 11.2 Å². The van der Waals surface area contributed by atoms with Crippen LogP contribution >= 0.6 is 27.5 Å². The lowest BCUT2D eigenvalue weighted by molar-refractivity contribution is 0.167. The molecule has 0 saturated heterocycles. The Morgan fingerprint density at radius 2 is 2.24 bits per heavy atom. The van der Waals surface area contributed by atoms with E-state index < -0.39 is 0 Å². The molecule has 1 aromatic carbocycles. The highest BCUT2D eigenvalue weighted by atomic mass is 79.9. The number of halogens is 3. The lowest BCUT2D eigenvalue weighted by atomic mass is 10.0. The minimum Gasteiger partial charge on any atom is -0.385 e. The minimum absolute atomic E-state index is 0.258. The van der Waals surface area contributed by atoms with Crippen LogP contribution in [0.5, 0.6) is 0 Å². The molecule has 114 valence electrons. The summed E-state index contributed by atoms with van der Waals surface area (Å²) < 4.78 is 21.6. The minimum atomic E-state index is -0.272. The molecule has 1 aliphatic carbocycles. The summed E-state index contributed by atoms with van der Waals surface area (Å²) in [4.78, 5) is 4.53. The van der Waals surface area contributed by atoms with Gasteiger partial charge in [0.25, 0.3) is 0 Å². The molecule has 0 atom stereocenters. The van der Waals surface area contributed by atoms with Gasteiger partial charge in [-0.2, -0.15) is 0 Å². The van der Waals surface area contributed by atoms with Crippen LogP contribution in [0.3, 0.4) is 0 Å². The fourth-order valence-corrected chi connectivity index (χ4v) is 3.30. The Kier molecular flexibility index (Phi) is 4.26. The fraction of sp³-hybridized carbons (Fsp3) is 0.533. The first-order chi connectivity index (χ1) is 10.1. The average molecular weight is 376 g/mol. The Morgan fingerprint density at radius 3 is 2.86 bits per heavy atom. The molecule has 0 aliphatic heterocycles. The molecule has 1 fully saturated rings. The lowest BCUT2D eigenvalue weighted by Crippen LogP contribution is -2.15. The third kappa shape index (κ3) is 2.96. The summed E-state index contributed by atoms with van der Waals surface area (Å²) >= 11 is 9.23. The number of benzene rings is 1. The van der Waals surface area contributed by atoms with E-state index >= 15 is 0 Å². The first-order valence-electron chi connectivity index (χ1n) is 6.98. The molecule has 0 radical (unpaired) electrons. The second-order valence-corrected chi connectivity index (χ2v) is 6.87. The maximum atomic E-state index is 13.9. The predicted molar refractivity (Wildman–Crippen MR) is 85.1 cm³/mol. The quantitative estimate of drug-likeness (QED) is 0.695. The van der Waals surface area contributed by atoms with Gasteiger partial charge in [-0.15, -0.1) is 11.6 Å². The van der Waals surface area contributed by atoms with Crippen molar-refractivity contribution in [3.63, 3.8) is 0 Å². The van der Waals surface area contributed by atoms with Crippen LogP contribution in [-0.2, 0) is 17.2 Å². The van der Waals surface area contributed by atoms with Crippen molar-refractivity contribution in [1.82, 2.24) is 9.55 Å². The normalized spacial score (nSPS) is 16.6. The number of hydrogen-bond donors (Lipinski definition) is 0. The van der Waals surface area contributed by atoms with Crippen molar-refractivity contribution in [3.8, 4) is 0 Å². The van der Waals surface area contributed by atoms with E-state index in [1.54, 1.807) is 13.2 Å². The number of rotatable bonds is 6. The predicted octanol–water partition coefficient (Wildman–Crippen LogP) is 4.49. The highest BCUT2D eigenvalue weighted by molar-refractivity contribution is 9.10. The van der Waals surface area contributed by atoms with Crippen molar-refractivity contribution in [2.24, 2.45) is 5.41 Å². The average Bonchev–Trinajstić information content (AvgIpc) is 3.16. The standard InChI is InChI=1S/C15H17BrClFN2O/c1-21-5-4-15(2-3-15)9-20-13-7-11(18)10(16)6-12(13)19-14(20)8-17/h6-7H,2-5,8-9H2,1H3. The molecule has 1 heterocycles. The molecule has 3 nitrogen and oxygen atoms in total. The molecule has 0 amide bonds. The van der Waals surface area contributed by atoms with Gasteiger partial charge in [-0.1, -0.05) is 0 Å². The molecule has 2 aromatic rings. The van der Waals surface area contributed by atoms with Crippen LogP contribution in [0.1, 0.15) is 25.1 Å². The maximum Gasteiger partial charge on any atom is 0.139 e. The van der Waals surface area contributed by atoms with Gasteiger partial charge in [0, 0.05) is 26.3 Å². The molecule has 1 aliphatic rings. The summed E-state index contributed by atoms with van der Waals surface area (Å²) in [5.41, 5.74) is 1.85. The maximum absolute atomic E-state index is 13.9. The van der Waals surface area contributed by atoms with Crippen molar-refractivity contribution < 1.29 is 9.13 Å².